The van der Waals surface area contributed by atoms with Gasteiger partial charge in [-0.25, -0.2) is 4.98 Å². The first-order chi connectivity index (χ1) is 7.63. The summed E-state index contributed by atoms with van der Waals surface area (Å²) in [4.78, 5) is 4.46. The van der Waals surface area contributed by atoms with Gasteiger partial charge in [-0.2, -0.15) is 0 Å². The van der Waals surface area contributed by atoms with Crippen LogP contribution < -0.4 is 5.32 Å². The fraction of sp³-hybridized carbons (Fsp3) is 0.615. The Hall–Kier alpha value is -1.09. The highest BCUT2D eigenvalue weighted by Gasteiger charge is 2.07. The first kappa shape index (κ1) is 13.0. The van der Waals surface area contributed by atoms with E-state index in [0.29, 0.717) is 12.5 Å². The van der Waals surface area contributed by atoms with Crippen LogP contribution in [0.5, 0.6) is 0 Å². The zero-order valence-electron chi connectivity index (χ0n) is 10.7. The predicted octanol–water partition coefficient (Wildman–Crippen LogP) is 3.07. The highest BCUT2D eigenvalue weighted by molar-refractivity contribution is 5.34. The van der Waals surface area contributed by atoms with Crippen molar-refractivity contribution in [2.75, 3.05) is 11.9 Å². The van der Waals surface area contributed by atoms with Gasteiger partial charge in [0.1, 0.15) is 5.82 Å². The monoisotopic (exact) mass is 222 g/mol. The van der Waals surface area contributed by atoms with Gasteiger partial charge in [0.2, 0.25) is 0 Å². The van der Waals surface area contributed by atoms with Crippen LogP contribution in [0.25, 0.3) is 0 Å². The molecule has 0 radical (unpaired) electrons. The molecule has 0 aliphatic carbocycles. The fourth-order valence-corrected chi connectivity index (χ4v) is 1.25. The van der Waals surface area contributed by atoms with Crippen molar-refractivity contribution in [3.05, 3.63) is 23.9 Å². The average Bonchev–Trinajstić information content (AvgIpc) is 2.26. The van der Waals surface area contributed by atoms with Gasteiger partial charge in [0.25, 0.3) is 0 Å². The molecule has 0 aromatic carbocycles. The van der Waals surface area contributed by atoms with Crippen LogP contribution in [0.2, 0.25) is 0 Å². The zero-order valence-corrected chi connectivity index (χ0v) is 10.7. The van der Waals surface area contributed by atoms with E-state index in [1.54, 1.807) is 0 Å². The Morgan fingerprint density at radius 3 is 2.69 bits per heavy atom. The third-order valence-corrected chi connectivity index (χ3v) is 2.60. The van der Waals surface area contributed by atoms with Gasteiger partial charge in [0, 0.05) is 6.54 Å². The molecule has 1 aromatic heterocycles. The van der Waals surface area contributed by atoms with Gasteiger partial charge in [-0.05, 0) is 31.9 Å². The van der Waals surface area contributed by atoms with E-state index in [1.165, 1.54) is 0 Å². The zero-order chi connectivity index (χ0) is 12.0. The largest absolute Gasteiger partial charge is 0.372 e. The molecule has 0 fully saturated rings. The SMILES string of the molecule is CCNc1cccc(COC(C)C(C)C)n1. The Balaban J connectivity index is 2.50. The Morgan fingerprint density at radius 1 is 1.31 bits per heavy atom. The van der Waals surface area contributed by atoms with E-state index in [2.05, 4.69) is 38.0 Å². The summed E-state index contributed by atoms with van der Waals surface area (Å²) in [5, 5.41) is 3.19. The van der Waals surface area contributed by atoms with Crippen LogP contribution in [-0.4, -0.2) is 17.6 Å². The number of anilines is 1. The molecule has 1 N–H and O–H groups in total. The van der Waals surface area contributed by atoms with E-state index in [9.17, 15) is 0 Å². The van der Waals surface area contributed by atoms with Crippen molar-refractivity contribution in [2.45, 2.75) is 40.4 Å². The lowest BCUT2D eigenvalue weighted by Gasteiger charge is -2.16. The molecule has 1 aromatic rings. The number of nitrogens with one attached hydrogen (secondary N) is 1. The quantitative estimate of drug-likeness (QED) is 0.803. The standard InChI is InChI=1S/C13H22N2O/c1-5-14-13-8-6-7-12(15-13)9-16-11(4)10(2)3/h6-8,10-11H,5,9H2,1-4H3,(H,14,15). The second-order valence-corrected chi connectivity index (χ2v) is 4.30. The number of rotatable bonds is 6. The van der Waals surface area contributed by atoms with Crippen LogP contribution in [0.3, 0.4) is 0 Å². The first-order valence-corrected chi connectivity index (χ1v) is 5.95. The minimum Gasteiger partial charge on any atom is -0.372 e. The van der Waals surface area contributed by atoms with E-state index in [-0.39, 0.29) is 6.10 Å². The van der Waals surface area contributed by atoms with Crippen LogP contribution >= 0.6 is 0 Å². The van der Waals surface area contributed by atoms with Gasteiger partial charge in [-0.15, -0.1) is 0 Å². The Labute approximate surface area is 98.2 Å². The maximum Gasteiger partial charge on any atom is 0.126 e. The second kappa shape index (κ2) is 6.48. The molecule has 0 aliphatic rings. The molecule has 1 heterocycles. The summed E-state index contributed by atoms with van der Waals surface area (Å²) < 4.78 is 5.73. The molecule has 1 unspecified atom stereocenters. The minimum atomic E-state index is 0.268. The number of hydrogen-bond acceptors (Lipinski definition) is 3. The maximum atomic E-state index is 5.73. The molecule has 1 rings (SSSR count). The lowest BCUT2D eigenvalue weighted by molar-refractivity contribution is 0.0219. The van der Waals surface area contributed by atoms with Crippen molar-refractivity contribution in [3.63, 3.8) is 0 Å². The number of ether oxygens (including phenoxy) is 1. The van der Waals surface area contributed by atoms with Crippen molar-refractivity contribution in [3.8, 4) is 0 Å². The second-order valence-electron chi connectivity index (χ2n) is 4.30. The minimum absolute atomic E-state index is 0.268. The normalized spacial score (nSPS) is 12.8. The molecule has 0 spiro atoms. The molecule has 3 heteroatoms. The smallest absolute Gasteiger partial charge is 0.126 e. The average molecular weight is 222 g/mol. The molecule has 90 valence electrons. The third-order valence-electron chi connectivity index (χ3n) is 2.60. The third kappa shape index (κ3) is 4.19. The van der Waals surface area contributed by atoms with Gasteiger partial charge in [0.05, 0.1) is 18.4 Å². The van der Waals surface area contributed by atoms with Crippen molar-refractivity contribution in [2.24, 2.45) is 5.92 Å². The number of nitrogens with zero attached hydrogens (tertiary/aromatic N) is 1. The predicted molar refractivity (Wildman–Crippen MR) is 67.5 cm³/mol. The van der Waals surface area contributed by atoms with Crippen molar-refractivity contribution < 1.29 is 4.74 Å². The summed E-state index contributed by atoms with van der Waals surface area (Å²) in [7, 11) is 0. The van der Waals surface area contributed by atoms with E-state index < -0.39 is 0 Å². The molecule has 3 nitrogen and oxygen atoms in total. The summed E-state index contributed by atoms with van der Waals surface area (Å²) >= 11 is 0. The van der Waals surface area contributed by atoms with Crippen molar-refractivity contribution in [1.29, 1.82) is 0 Å². The van der Waals surface area contributed by atoms with Crippen LogP contribution in [0.1, 0.15) is 33.4 Å². The molecular weight excluding hydrogens is 200 g/mol. The van der Waals surface area contributed by atoms with E-state index in [4.69, 9.17) is 4.74 Å². The highest BCUT2D eigenvalue weighted by atomic mass is 16.5. The number of aromatic nitrogens is 1. The van der Waals surface area contributed by atoms with Crippen molar-refractivity contribution in [1.82, 2.24) is 4.98 Å². The van der Waals surface area contributed by atoms with Gasteiger partial charge in [-0.1, -0.05) is 19.9 Å². The lowest BCUT2D eigenvalue weighted by atomic mass is 10.1. The fourth-order valence-electron chi connectivity index (χ4n) is 1.25. The molecule has 0 aliphatic heterocycles. The highest BCUT2D eigenvalue weighted by Crippen LogP contribution is 2.10. The molecule has 16 heavy (non-hydrogen) atoms. The van der Waals surface area contributed by atoms with E-state index in [0.717, 1.165) is 18.1 Å². The molecule has 0 bridgehead atoms. The Kier molecular flexibility index (Phi) is 5.26. The van der Waals surface area contributed by atoms with Gasteiger partial charge >= 0.3 is 0 Å². The summed E-state index contributed by atoms with van der Waals surface area (Å²) in [5.74, 6) is 1.46. The summed E-state index contributed by atoms with van der Waals surface area (Å²) in [6.45, 7) is 9.95. The number of hydrogen-bond donors (Lipinski definition) is 1. The topological polar surface area (TPSA) is 34.1 Å². The first-order valence-electron chi connectivity index (χ1n) is 5.95. The van der Waals surface area contributed by atoms with Gasteiger partial charge < -0.3 is 10.1 Å². The summed E-state index contributed by atoms with van der Waals surface area (Å²) in [5.41, 5.74) is 0.978. The summed E-state index contributed by atoms with van der Waals surface area (Å²) in [6, 6.07) is 5.97. The van der Waals surface area contributed by atoms with Crippen LogP contribution in [0.4, 0.5) is 5.82 Å². The maximum absolute atomic E-state index is 5.73. The lowest BCUT2D eigenvalue weighted by Crippen LogP contribution is -2.15. The molecule has 0 saturated heterocycles. The Bertz CT molecular complexity index is 313. The van der Waals surface area contributed by atoms with E-state index in [1.807, 2.05) is 18.2 Å². The van der Waals surface area contributed by atoms with Crippen LogP contribution in [0.15, 0.2) is 18.2 Å². The molecule has 0 amide bonds. The van der Waals surface area contributed by atoms with E-state index >= 15 is 0 Å². The van der Waals surface area contributed by atoms with Gasteiger partial charge in [0.15, 0.2) is 0 Å². The van der Waals surface area contributed by atoms with Crippen molar-refractivity contribution >= 4 is 5.82 Å². The number of pyridine rings is 1. The Morgan fingerprint density at radius 2 is 2.06 bits per heavy atom. The van der Waals surface area contributed by atoms with Gasteiger partial charge in [-0.3, -0.25) is 0 Å². The molecule has 1 atom stereocenters. The molecule has 0 saturated carbocycles. The summed E-state index contributed by atoms with van der Waals surface area (Å²) in [6.07, 6.45) is 0.268. The van der Waals surface area contributed by atoms with Crippen LogP contribution in [0, 0.1) is 5.92 Å². The molecular formula is C13H22N2O. The van der Waals surface area contributed by atoms with Crippen LogP contribution in [-0.2, 0) is 11.3 Å².